The van der Waals surface area contributed by atoms with Crippen molar-refractivity contribution in [3.05, 3.63) is 22.2 Å². The van der Waals surface area contributed by atoms with Crippen LogP contribution >= 0.6 is 11.3 Å². The van der Waals surface area contributed by atoms with Gasteiger partial charge in [-0.25, -0.2) is 4.98 Å². The zero-order chi connectivity index (χ0) is 12.8. The zero-order valence-electron chi connectivity index (χ0n) is 10.3. The van der Waals surface area contributed by atoms with Gasteiger partial charge in [-0.05, 0) is 31.8 Å². The van der Waals surface area contributed by atoms with Crippen LogP contribution in [0.2, 0.25) is 0 Å². The SMILES string of the molecule is Cc1nc(C=CC(=O)N2CC(O)(C3CC3)C2)cs1. The maximum absolute atomic E-state index is 11.8. The summed E-state index contributed by atoms with van der Waals surface area (Å²) in [6, 6.07) is 0. The second-order valence-electron chi connectivity index (χ2n) is 5.20. The molecular formula is C13H16N2O2S. The third-order valence-electron chi connectivity index (χ3n) is 3.61. The number of aromatic nitrogens is 1. The number of amides is 1. The first kappa shape index (κ1) is 11.9. The molecule has 0 bridgehead atoms. The van der Waals surface area contributed by atoms with E-state index in [-0.39, 0.29) is 5.91 Å². The smallest absolute Gasteiger partial charge is 0.246 e. The van der Waals surface area contributed by atoms with Gasteiger partial charge in [0.25, 0.3) is 0 Å². The van der Waals surface area contributed by atoms with Crippen LogP contribution in [0.4, 0.5) is 0 Å². The maximum Gasteiger partial charge on any atom is 0.246 e. The Morgan fingerprint density at radius 1 is 1.61 bits per heavy atom. The normalized spacial score (nSPS) is 22.2. The molecule has 1 saturated carbocycles. The number of aliphatic hydroxyl groups is 1. The van der Waals surface area contributed by atoms with Crippen LogP contribution in [0.15, 0.2) is 11.5 Å². The largest absolute Gasteiger partial charge is 0.386 e. The van der Waals surface area contributed by atoms with Crippen molar-refractivity contribution in [2.45, 2.75) is 25.4 Å². The Morgan fingerprint density at radius 3 is 2.89 bits per heavy atom. The number of likely N-dealkylation sites (tertiary alicyclic amines) is 1. The molecule has 1 aromatic rings. The zero-order valence-corrected chi connectivity index (χ0v) is 11.1. The van der Waals surface area contributed by atoms with Crippen LogP contribution in [0.1, 0.15) is 23.5 Å². The summed E-state index contributed by atoms with van der Waals surface area (Å²) in [5, 5.41) is 13.0. The van der Waals surface area contributed by atoms with Crippen LogP contribution in [0.5, 0.6) is 0 Å². The highest BCUT2D eigenvalue weighted by Gasteiger charge is 2.52. The molecule has 4 nitrogen and oxygen atoms in total. The quantitative estimate of drug-likeness (QED) is 0.841. The molecule has 1 N–H and O–H groups in total. The standard InChI is InChI=1S/C13H16N2O2S/c1-9-14-11(6-18-9)4-5-12(16)15-7-13(17,8-15)10-2-3-10/h4-6,10,17H,2-3,7-8H2,1H3. The molecule has 0 aromatic carbocycles. The summed E-state index contributed by atoms with van der Waals surface area (Å²) in [5.74, 6) is 0.387. The van der Waals surface area contributed by atoms with E-state index >= 15 is 0 Å². The summed E-state index contributed by atoms with van der Waals surface area (Å²) in [4.78, 5) is 17.8. The Morgan fingerprint density at radius 2 is 2.33 bits per heavy atom. The van der Waals surface area contributed by atoms with Gasteiger partial charge < -0.3 is 10.0 Å². The van der Waals surface area contributed by atoms with Crippen molar-refractivity contribution < 1.29 is 9.90 Å². The van der Waals surface area contributed by atoms with Crippen molar-refractivity contribution >= 4 is 23.3 Å². The molecule has 1 saturated heterocycles. The fourth-order valence-electron chi connectivity index (χ4n) is 2.37. The molecule has 5 heteroatoms. The van der Waals surface area contributed by atoms with E-state index in [9.17, 15) is 9.90 Å². The number of rotatable bonds is 3. The molecule has 1 aliphatic carbocycles. The van der Waals surface area contributed by atoms with E-state index in [1.54, 1.807) is 28.4 Å². The van der Waals surface area contributed by atoms with Crippen LogP contribution in [-0.4, -0.2) is 39.6 Å². The summed E-state index contributed by atoms with van der Waals surface area (Å²) in [5.41, 5.74) is 0.226. The Labute approximate surface area is 110 Å². The first-order chi connectivity index (χ1) is 8.57. The first-order valence-electron chi connectivity index (χ1n) is 6.18. The van der Waals surface area contributed by atoms with Crippen molar-refractivity contribution in [1.29, 1.82) is 0 Å². The predicted molar refractivity (Wildman–Crippen MR) is 70.1 cm³/mol. The van der Waals surface area contributed by atoms with Gasteiger partial charge in [0.15, 0.2) is 0 Å². The second-order valence-corrected chi connectivity index (χ2v) is 6.26. The van der Waals surface area contributed by atoms with Crippen molar-refractivity contribution in [3.63, 3.8) is 0 Å². The van der Waals surface area contributed by atoms with Crippen LogP contribution in [-0.2, 0) is 4.79 Å². The minimum Gasteiger partial charge on any atom is -0.386 e. The lowest BCUT2D eigenvalue weighted by Gasteiger charge is -2.46. The molecule has 2 fully saturated rings. The molecule has 1 aromatic heterocycles. The minimum atomic E-state index is -0.597. The molecule has 2 aliphatic rings. The molecule has 0 unspecified atom stereocenters. The molecular weight excluding hydrogens is 248 g/mol. The molecule has 3 rings (SSSR count). The van der Waals surface area contributed by atoms with Gasteiger partial charge in [0.2, 0.25) is 5.91 Å². The summed E-state index contributed by atoms with van der Waals surface area (Å²) in [6.45, 7) is 2.91. The van der Waals surface area contributed by atoms with Crippen molar-refractivity contribution in [1.82, 2.24) is 9.88 Å². The average molecular weight is 264 g/mol. The Kier molecular flexibility index (Phi) is 2.75. The van der Waals surface area contributed by atoms with Crippen molar-refractivity contribution in [2.75, 3.05) is 13.1 Å². The maximum atomic E-state index is 11.8. The fraction of sp³-hybridized carbons (Fsp3) is 0.538. The van der Waals surface area contributed by atoms with E-state index < -0.39 is 5.60 Å². The molecule has 1 aliphatic heterocycles. The van der Waals surface area contributed by atoms with Crippen LogP contribution in [0.25, 0.3) is 6.08 Å². The van der Waals surface area contributed by atoms with Crippen molar-refractivity contribution in [2.24, 2.45) is 5.92 Å². The second kappa shape index (κ2) is 4.17. The van der Waals surface area contributed by atoms with E-state index in [4.69, 9.17) is 0 Å². The van der Waals surface area contributed by atoms with Crippen molar-refractivity contribution in [3.8, 4) is 0 Å². The van der Waals surface area contributed by atoms with Gasteiger partial charge in [0.1, 0.15) is 5.60 Å². The van der Waals surface area contributed by atoms with E-state index in [2.05, 4.69) is 4.98 Å². The number of carbonyl (C=O) groups is 1. The highest BCUT2D eigenvalue weighted by molar-refractivity contribution is 7.09. The van der Waals surface area contributed by atoms with Crippen LogP contribution in [0.3, 0.4) is 0 Å². The molecule has 2 heterocycles. The Hall–Kier alpha value is -1.20. The lowest BCUT2D eigenvalue weighted by Crippen LogP contribution is -2.64. The average Bonchev–Trinajstić information content (AvgIpc) is 3.06. The topological polar surface area (TPSA) is 53.4 Å². The lowest BCUT2D eigenvalue weighted by atomic mass is 9.88. The van der Waals surface area contributed by atoms with E-state index in [0.29, 0.717) is 19.0 Å². The lowest BCUT2D eigenvalue weighted by molar-refractivity contribution is -0.154. The minimum absolute atomic E-state index is 0.0361. The van der Waals surface area contributed by atoms with E-state index in [0.717, 1.165) is 23.5 Å². The van der Waals surface area contributed by atoms with Crippen LogP contribution in [0, 0.1) is 12.8 Å². The van der Waals surface area contributed by atoms with Gasteiger partial charge in [-0.2, -0.15) is 0 Å². The number of thiazole rings is 1. The molecule has 1 amide bonds. The van der Waals surface area contributed by atoms with E-state index in [1.165, 1.54) is 0 Å². The molecule has 0 spiro atoms. The number of carbonyl (C=O) groups excluding carboxylic acids is 1. The van der Waals surface area contributed by atoms with E-state index in [1.807, 2.05) is 12.3 Å². The molecule has 0 radical (unpaired) electrons. The predicted octanol–water partition coefficient (Wildman–Crippen LogP) is 1.45. The summed E-state index contributed by atoms with van der Waals surface area (Å²) < 4.78 is 0. The van der Waals surface area contributed by atoms with Gasteiger partial charge in [0, 0.05) is 11.5 Å². The third-order valence-corrected chi connectivity index (χ3v) is 4.40. The summed E-state index contributed by atoms with van der Waals surface area (Å²) >= 11 is 1.57. The van der Waals surface area contributed by atoms with Gasteiger partial charge in [-0.3, -0.25) is 4.79 Å². The number of aryl methyl sites for hydroxylation is 1. The first-order valence-corrected chi connectivity index (χ1v) is 7.06. The third kappa shape index (κ3) is 2.20. The summed E-state index contributed by atoms with van der Waals surface area (Å²) in [7, 11) is 0. The molecule has 0 atom stereocenters. The number of hydrogen-bond donors (Lipinski definition) is 1. The highest BCUT2D eigenvalue weighted by atomic mass is 32.1. The van der Waals surface area contributed by atoms with Gasteiger partial charge in [0.05, 0.1) is 23.8 Å². The highest BCUT2D eigenvalue weighted by Crippen LogP contribution is 2.44. The number of hydrogen-bond acceptors (Lipinski definition) is 4. The van der Waals surface area contributed by atoms with Gasteiger partial charge in [-0.1, -0.05) is 0 Å². The molecule has 18 heavy (non-hydrogen) atoms. The monoisotopic (exact) mass is 264 g/mol. The van der Waals surface area contributed by atoms with Crippen LogP contribution < -0.4 is 0 Å². The summed E-state index contributed by atoms with van der Waals surface area (Å²) in [6.07, 6.45) is 5.49. The fourth-order valence-corrected chi connectivity index (χ4v) is 2.95. The number of β-amino-alcohol motifs (C(OH)–C–C–N with tert-alkyl or cyclic N) is 1. The van der Waals surface area contributed by atoms with Gasteiger partial charge >= 0.3 is 0 Å². The molecule has 96 valence electrons. The van der Waals surface area contributed by atoms with Gasteiger partial charge in [-0.15, -0.1) is 11.3 Å². The Balaban J connectivity index is 1.55. The number of nitrogens with zero attached hydrogens (tertiary/aromatic N) is 2. The Bertz CT molecular complexity index is 499.